The van der Waals surface area contributed by atoms with Gasteiger partial charge < -0.3 is 9.88 Å². The Balaban J connectivity index is 2.06. The van der Waals surface area contributed by atoms with Crippen LogP contribution in [0.15, 0.2) is 41.0 Å². The number of benzene rings is 1. The molecule has 0 fully saturated rings. The summed E-state index contributed by atoms with van der Waals surface area (Å²) in [6.07, 6.45) is 3.14. The highest BCUT2D eigenvalue weighted by atomic mass is 79.9. The number of rotatable bonds is 5. The van der Waals surface area contributed by atoms with Gasteiger partial charge in [-0.3, -0.25) is 0 Å². The van der Waals surface area contributed by atoms with Crippen molar-refractivity contribution >= 4 is 21.6 Å². The molecule has 0 unspecified atom stereocenters. The van der Waals surface area contributed by atoms with Crippen molar-refractivity contribution in [3.8, 4) is 0 Å². The van der Waals surface area contributed by atoms with Gasteiger partial charge in [-0.2, -0.15) is 0 Å². The monoisotopic (exact) mass is 310 g/mol. The SMILES string of the molecule is CCCn1cccc1CNc1cc(Br)ccc1F. The van der Waals surface area contributed by atoms with Crippen LogP contribution in [0.2, 0.25) is 0 Å². The standard InChI is InChI=1S/C14H16BrFN2/c1-2-7-18-8-3-4-12(18)10-17-14-9-11(15)5-6-13(14)16/h3-6,8-9,17H,2,7,10H2,1H3. The van der Waals surface area contributed by atoms with Gasteiger partial charge in [-0.15, -0.1) is 0 Å². The second kappa shape index (κ2) is 6.05. The first-order chi connectivity index (χ1) is 8.70. The number of hydrogen-bond acceptors (Lipinski definition) is 1. The molecule has 2 rings (SSSR count). The van der Waals surface area contributed by atoms with Crippen molar-refractivity contribution in [3.05, 3.63) is 52.5 Å². The maximum atomic E-state index is 13.6. The highest BCUT2D eigenvalue weighted by Gasteiger charge is 2.04. The van der Waals surface area contributed by atoms with Crippen LogP contribution in [0, 0.1) is 5.82 Å². The molecule has 0 aliphatic rings. The van der Waals surface area contributed by atoms with Crippen molar-refractivity contribution < 1.29 is 4.39 Å². The Hall–Kier alpha value is -1.29. The second-order valence-electron chi connectivity index (χ2n) is 4.17. The fourth-order valence-corrected chi connectivity index (χ4v) is 2.25. The lowest BCUT2D eigenvalue weighted by Crippen LogP contribution is -2.07. The normalized spacial score (nSPS) is 10.6. The van der Waals surface area contributed by atoms with Crippen LogP contribution in [0.3, 0.4) is 0 Å². The molecule has 0 aliphatic heterocycles. The van der Waals surface area contributed by atoms with E-state index in [2.05, 4.69) is 45.0 Å². The van der Waals surface area contributed by atoms with Crippen LogP contribution in [0.1, 0.15) is 19.0 Å². The summed E-state index contributed by atoms with van der Waals surface area (Å²) in [5, 5.41) is 3.13. The average Bonchev–Trinajstić information content (AvgIpc) is 2.78. The molecule has 18 heavy (non-hydrogen) atoms. The number of aromatic nitrogens is 1. The molecule has 0 radical (unpaired) electrons. The molecule has 2 nitrogen and oxygen atoms in total. The largest absolute Gasteiger partial charge is 0.377 e. The summed E-state index contributed by atoms with van der Waals surface area (Å²) in [6.45, 7) is 3.76. The maximum Gasteiger partial charge on any atom is 0.146 e. The minimum Gasteiger partial charge on any atom is -0.377 e. The van der Waals surface area contributed by atoms with Gasteiger partial charge in [0.25, 0.3) is 0 Å². The average molecular weight is 311 g/mol. The van der Waals surface area contributed by atoms with Crippen LogP contribution in [-0.2, 0) is 13.1 Å². The zero-order chi connectivity index (χ0) is 13.0. The van der Waals surface area contributed by atoms with Crippen molar-refractivity contribution in [2.24, 2.45) is 0 Å². The molecular weight excluding hydrogens is 295 g/mol. The van der Waals surface area contributed by atoms with E-state index in [1.807, 2.05) is 6.07 Å². The topological polar surface area (TPSA) is 17.0 Å². The molecule has 0 saturated carbocycles. The maximum absolute atomic E-state index is 13.6. The summed E-state index contributed by atoms with van der Waals surface area (Å²) in [5.41, 5.74) is 1.69. The van der Waals surface area contributed by atoms with Gasteiger partial charge in [-0.25, -0.2) is 4.39 Å². The Bertz CT molecular complexity index is 522. The van der Waals surface area contributed by atoms with Gasteiger partial charge in [0.05, 0.1) is 12.2 Å². The van der Waals surface area contributed by atoms with Crippen molar-refractivity contribution in [1.29, 1.82) is 0 Å². The van der Waals surface area contributed by atoms with E-state index in [4.69, 9.17) is 0 Å². The minimum absolute atomic E-state index is 0.230. The van der Waals surface area contributed by atoms with Crippen molar-refractivity contribution in [1.82, 2.24) is 4.57 Å². The van der Waals surface area contributed by atoms with Crippen LogP contribution < -0.4 is 5.32 Å². The Morgan fingerprint density at radius 2 is 2.17 bits per heavy atom. The molecule has 96 valence electrons. The molecule has 0 saturated heterocycles. The number of halogens is 2. The van der Waals surface area contributed by atoms with Gasteiger partial charge in [0.1, 0.15) is 5.82 Å². The molecule has 2 aromatic rings. The van der Waals surface area contributed by atoms with Crippen molar-refractivity contribution in [3.63, 3.8) is 0 Å². The third kappa shape index (κ3) is 3.13. The molecule has 1 heterocycles. The van der Waals surface area contributed by atoms with E-state index < -0.39 is 0 Å². The molecular formula is C14H16BrFN2. The van der Waals surface area contributed by atoms with Crippen LogP contribution in [0.5, 0.6) is 0 Å². The summed E-state index contributed by atoms with van der Waals surface area (Å²) in [4.78, 5) is 0. The molecule has 1 aromatic heterocycles. The Morgan fingerprint density at radius 3 is 2.94 bits per heavy atom. The first-order valence-corrected chi connectivity index (χ1v) is 6.83. The first kappa shape index (κ1) is 13.1. The fraction of sp³-hybridized carbons (Fsp3) is 0.286. The van der Waals surface area contributed by atoms with Crippen LogP contribution in [0.25, 0.3) is 0 Å². The molecule has 0 spiro atoms. The molecule has 0 bridgehead atoms. The number of nitrogens with one attached hydrogen (secondary N) is 1. The van der Waals surface area contributed by atoms with E-state index in [1.54, 1.807) is 12.1 Å². The lowest BCUT2D eigenvalue weighted by atomic mass is 10.3. The predicted octanol–water partition coefficient (Wildman–Crippen LogP) is 4.41. The number of hydrogen-bond donors (Lipinski definition) is 1. The van der Waals surface area contributed by atoms with Gasteiger partial charge in [-0.05, 0) is 36.8 Å². The number of anilines is 1. The van der Waals surface area contributed by atoms with Crippen LogP contribution in [0.4, 0.5) is 10.1 Å². The van der Waals surface area contributed by atoms with Crippen LogP contribution >= 0.6 is 15.9 Å². The lowest BCUT2D eigenvalue weighted by Gasteiger charge is -2.11. The minimum atomic E-state index is -0.230. The van der Waals surface area contributed by atoms with E-state index in [0.717, 1.165) is 23.1 Å². The van der Waals surface area contributed by atoms with E-state index in [9.17, 15) is 4.39 Å². The summed E-state index contributed by atoms with van der Waals surface area (Å²) in [7, 11) is 0. The van der Waals surface area contributed by atoms with Gasteiger partial charge in [0.15, 0.2) is 0 Å². The molecule has 1 aromatic carbocycles. The second-order valence-corrected chi connectivity index (χ2v) is 5.09. The zero-order valence-corrected chi connectivity index (χ0v) is 11.9. The third-order valence-corrected chi connectivity index (χ3v) is 3.27. The molecule has 0 aliphatic carbocycles. The van der Waals surface area contributed by atoms with E-state index in [-0.39, 0.29) is 5.82 Å². The van der Waals surface area contributed by atoms with E-state index >= 15 is 0 Å². The van der Waals surface area contributed by atoms with Gasteiger partial charge in [0.2, 0.25) is 0 Å². The highest BCUT2D eigenvalue weighted by Crippen LogP contribution is 2.20. The summed E-state index contributed by atoms with van der Waals surface area (Å²) in [5.74, 6) is -0.230. The van der Waals surface area contributed by atoms with E-state index in [1.165, 1.54) is 6.07 Å². The predicted molar refractivity (Wildman–Crippen MR) is 76.1 cm³/mol. The Kier molecular flexibility index (Phi) is 4.42. The molecule has 0 amide bonds. The molecule has 4 heteroatoms. The number of nitrogens with zero attached hydrogens (tertiary/aromatic N) is 1. The van der Waals surface area contributed by atoms with E-state index in [0.29, 0.717) is 12.2 Å². The molecule has 0 atom stereocenters. The third-order valence-electron chi connectivity index (χ3n) is 2.78. The quantitative estimate of drug-likeness (QED) is 0.865. The van der Waals surface area contributed by atoms with Gasteiger partial charge in [-0.1, -0.05) is 22.9 Å². The summed E-state index contributed by atoms with van der Waals surface area (Å²) in [6, 6.07) is 8.97. The summed E-state index contributed by atoms with van der Waals surface area (Å²) < 4.78 is 16.6. The van der Waals surface area contributed by atoms with Crippen LogP contribution in [-0.4, -0.2) is 4.57 Å². The highest BCUT2D eigenvalue weighted by molar-refractivity contribution is 9.10. The lowest BCUT2D eigenvalue weighted by molar-refractivity contribution is 0.626. The first-order valence-electron chi connectivity index (χ1n) is 6.03. The zero-order valence-electron chi connectivity index (χ0n) is 10.3. The fourth-order valence-electron chi connectivity index (χ4n) is 1.89. The summed E-state index contributed by atoms with van der Waals surface area (Å²) >= 11 is 3.34. The van der Waals surface area contributed by atoms with Gasteiger partial charge >= 0.3 is 0 Å². The Labute approximate surface area is 115 Å². The molecule has 1 N–H and O–H groups in total. The van der Waals surface area contributed by atoms with Crippen molar-refractivity contribution in [2.75, 3.05) is 5.32 Å². The smallest absolute Gasteiger partial charge is 0.146 e. The Morgan fingerprint density at radius 1 is 1.33 bits per heavy atom. The number of aryl methyl sites for hydroxylation is 1. The van der Waals surface area contributed by atoms with Crippen molar-refractivity contribution in [2.45, 2.75) is 26.4 Å². The van der Waals surface area contributed by atoms with Gasteiger partial charge in [0, 0.05) is 22.9 Å².